The van der Waals surface area contributed by atoms with Gasteiger partial charge in [0, 0.05) is 11.5 Å². The molecule has 2 heterocycles. The van der Waals surface area contributed by atoms with E-state index in [2.05, 4.69) is 25.9 Å². The number of carbonyl (C=O) groups excluding carboxylic acids is 1. The zero-order chi connectivity index (χ0) is 22.5. The summed E-state index contributed by atoms with van der Waals surface area (Å²) < 4.78 is 14.1. The van der Waals surface area contributed by atoms with Crippen molar-refractivity contribution in [3.63, 3.8) is 0 Å². The zero-order valence-corrected chi connectivity index (χ0v) is 19.2. The van der Waals surface area contributed by atoms with Crippen molar-refractivity contribution in [1.29, 1.82) is 0 Å². The zero-order valence-electron chi connectivity index (χ0n) is 16.8. The van der Waals surface area contributed by atoms with Gasteiger partial charge >= 0.3 is 11.7 Å². The molecule has 2 aromatic heterocycles. The second-order valence-electron chi connectivity index (χ2n) is 6.51. The minimum atomic E-state index is -0.986. The number of aryl methyl sites for hydroxylation is 1. The van der Waals surface area contributed by atoms with Crippen LogP contribution in [-0.2, 0) is 23.1 Å². The number of carbonyl (C=O) groups is 1. The Morgan fingerprint density at radius 1 is 1.32 bits per heavy atom. The van der Waals surface area contributed by atoms with E-state index in [1.54, 1.807) is 19.1 Å². The van der Waals surface area contributed by atoms with E-state index in [9.17, 15) is 19.5 Å². The summed E-state index contributed by atoms with van der Waals surface area (Å²) in [5.41, 5.74) is -0.963. The van der Waals surface area contributed by atoms with Crippen LogP contribution in [0.1, 0.15) is 6.92 Å². The summed E-state index contributed by atoms with van der Waals surface area (Å²) in [5, 5.41) is 10.8. The molecule has 0 aliphatic heterocycles. The SMILES string of the molecule is CCOC(=O)CSc1nc2c(c(=O)[nH]c(=O)n2C)n1CC(O)COc1ccc(Br)cc1. The van der Waals surface area contributed by atoms with Crippen LogP contribution in [0, 0.1) is 0 Å². The monoisotopic (exact) mass is 512 g/mol. The molecule has 3 rings (SSSR count). The van der Waals surface area contributed by atoms with Crippen molar-refractivity contribution < 1.29 is 19.4 Å². The molecule has 1 aromatic carbocycles. The van der Waals surface area contributed by atoms with Gasteiger partial charge in [-0.2, -0.15) is 0 Å². The molecule has 0 amide bonds. The number of esters is 1. The Labute approximate surface area is 189 Å². The van der Waals surface area contributed by atoms with Crippen molar-refractivity contribution in [2.24, 2.45) is 7.05 Å². The molecule has 0 saturated heterocycles. The van der Waals surface area contributed by atoms with E-state index < -0.39 is 23.3 Å². The highest BCUT2D eigenvalue weighted by molar-refractivity contribution is 9.10. The van der Waals surface area contributed by atoms with E-state index in [0.717, 1.165) is 16.2 Å². The molecule has 166 valence electrons. The fraction of sp³-hybridized carbons (Fsp3) is 0.368. The molecule has 0 bridgehead atoms. The highest BCUT2D eigenvalue weighted by atomic mass is 79.9. The van der Waals surface area contributed by atoms with Crippen LogP contribution in [0.2, 0.25) is 0 Å². The topological polar surface area (TPSA) is 128 Å². The molecule has 31 heavy (non-hydrogen) atoms. The van der Waals surface area contributed by atoms with Crippen LogP contribution in [0.25, 0.3) is 11.2 Å². The first kappa shape index (κ1) is 23.1. The fourth-order valence-electron chi connectivity index (χ4n) is 2.81. The third-order valence-electron chi connectivity index (χ3n) is 4.25. The average Bonchev–Trinajstić information content (AvgIpc) is 3.09. The molecule has 0 aliphatic carbocycles. The van der Waals surface area contributed by atoms with Crippen LogP contribution >= 0.6 is 27.7 Å². The van der Waals surface area contributed by atoms with Gasteiger partial charge in [-0.1, -0.05) is 27.7 Å². The van der Waals surface area contributed by atoms with Gasteiger partial charge in [0.1, 0.15) is 18.5 Å². The summed E-state index contributed by atoms with van der Waals surface area (Å²) in [6.07, 6.45) is -0.986. The summed E-state index contributed by atoms with van der Waals surface area (Å²) in [6, 6.07) is 7.14. The van der Waals surface area contributed by atoms with E-state index in [1.165, 1.54) is 16.2 Å². The van der Waals surface area contributed by atoms with Gasteiger partial charge < -0.3 is 19.1 Å². The second-order valence-corrected chi connectivity index (χ2v) is 8.37. The van der Waals surface area contributed by atoms with E-state index >= 15 is 0 Å². The van der Waals surface area contributed by atoms with Crippen molar-refractivity contribution in [3.8, 4) is 5.75 Å². The normalized spacial score (nSPS) is 12.1. The third-order valence-corrected chi connectivity index (χ3v) is 5.72. The summed E-state index contributed by atoms with van der Waals surface area (Å²) in [5.74, 6) is 0.108. The molecule has 1 unspecified atom stereocenters. The number of aliphatic hydroxyl groups excluding tert-OH is 1. The lowest BCUT2D eigenvalue weighted by Crippen LogP contribution is -2.30. The number of fused-ring (bicyclic) bond motifs is 1. The number of aromatic nitrogens is 4. The lowest BCUT2D eigenvalue weighted by molar-refractivity contribution is -0.139. The number of nitrogens with zero attached hydrogens (tertiary/aromatic N) is 3. The average molecular weight is 513 g/mol. The molecule has 3 aromatic rings. The van der Waals surface area contributed by atoms with Crippen molar-refractivity contribution in [3.05, 3.63) is 49.6 Å². The molecule has 0 spiro atoms. The smallest absolute Gasteiger partial charge is 0.329 e. The summed E-state index contributed by atoms with van der Waals surface area (Å²) in [4.78, 5) is 42.7. The van der Waals surface area contributed by atoms with E-state index in [-0.39, 0.29) is 36.7 Å². The third kappa shape index (κ3) is 5.57. The van der Waals surface area contributed by atoms with Crippen LogP contribution in [0.5, 0.6) is 5.75 Å². The van der Waals surface area contributed by atoms with Gasteiger partial charge in [-0.05, 0) is 31.2 Å². The van der Waals surface area contributed by atoms with Gasteiger partial charge in [0.25, 0.3) is 5.56 Å². The first-order valence-corrected chi connectivity index (χ1v) is 11.1. The number of aliphatic hydroxyl groups is 1. The summed E-state index contributed by atoms with van der Waals surface area (Å²) >= 11 is 4.40. The molecular weight excluding hydrogens is 492 g/mol. The minimum absolute atomic E-state index is 0.0283. The predicted octanol–water partition coefficient (Wildman–Crippen LogP) is 1.28. The minimum Gasteiger partial charge on any atom is -0.491 e. The van der Waals surface area contributed by atoms with Crippen molar-refractivity contribution in [2.45, 2.75) is 24.7 Å². The van der Waals surface area contributed by atoms with Crippen LogP contribution in [0.3, 0.4) is 0 Å². The van der Waals surface area contributed by atoms with Gasteiger partial charge in [-0.25, -0.2) is 9.78 Å². The van der Waals surface area contributed by atoms with Gasteiger partial charge in [0.15, 0.2) is 16.3 Å². The molecular formula is C19H21BrN4O6S. The van der Waals surface area contributed by atoms with E-state index in [0.29, 0.717) is 10.9 Å². The van der Waals surface area contributed by atoms with E-state index in [1.807, 2.05) is 12.1 Å². The van der Waals surface area contributed by atoms with Gasteiger partial charge in [0.05, 0.1) is 18.9 Å². The van der Waals surface area contributed by atoms with Crippen LogP contribution < -0.4 is 16.0 Å². The maximum atomic E-state index is 12.5. The fourth-order valence-corrected chi connectivity index (χ4v) is 3.87. The number of thioether (sulfide) groups is 1. The first-order chi connectivity index (χ1) is 14.8. The largest absolute Gasteiger partial charge is 0.491 e. The molecule has 0 fully saturated rings. The van der Waals surface area contributed by atoms with Crippen molar-refractivity contribution in [2.75, 3.05) is 19.0 Å². The molecule has 10 nitrogen and oxygen atoms in total. The van der Waals surface area contributed by atoms with Crippen LogP contribution in [-0.4, -0.2) is 55.2 Å². The highest BCUT2D eigenvalue weighted by Gasteiger charge is 2.21. The number of H-pyrrole nitrogens is 1. The highest BCUT2D eigenvalue weighted by Crippen LogP contribution is 2.22. The van der Waals surface area contributed by atoms with Crippen molar-refractivity contribution >= 4 is 44.8 Å². The predicted molar refractivity (Wildman–Crippen MR) is 119 cm³/mol. The summed E-state index contributed by atoms with van der Waals surface area (Å²) in [6.45, 7) is 1.89. The van der Waals surface area contributed by atoms with Crippen molar-refractivity contribution in [1.82, 2.24) is 19.1 Å². The Morgan fingerprint density at radius 2 is 2.03 bits per heavy atom. The Bertz CT molecular complexity index is 1190. The van der Waals surface area contributed by atoms with Gasteiger partial charge in [-0.3, -0.25) is 19.1 Å². The quantitative estimate of drug-likeness (QED) is 0.324. The number of hydrogen-bond donors (Lipinski definition) is 2. The van der Waals surface area contributed by atoms with E-state index in [4.69, 9.17) is 9.47 Å². The number of nitrogens with one attached hydrogen (secondary N) is 1. The van der Waals surface area contributed by atoms with Crippen LogP contribution in [0.15, 0.2) is 43.5 Å². The number of rotatable bonds is 9. The number of ether oxygens (including phenoxy) is 2. The molecule has 1 atom stereocenters. The molecule has 12 heteroatoms. The lowest BCUT2D eigenvalue weighted by atomic mass is 10.3. The number of aromatic amines is 1. The number of imidazole rings is 1. The Hall–Kier alpha value is -2.57. The number of benzene rings is 1. The second kappa shape index (κ2) is 10.2. The molecule has 0 saturated carbocycles. The Kier molecular flexibility index (Phi) is 7.57. The van der Waals surface area contributed by atoms with Crippen LogP contribution in [0.4, 0.5) is 0 Å². The number of halogens is 1. The maximum Gasteiger partial charge on any atom is 0.329 e. The van der Waals surface area contributed by atoms with Gasteiger partial charge in [0.2, 0.25) is 0 Å². The first-order valence-electron chi connectivity index (χ1n) is 9.34. The lowest BCUT2D eigenvalue weighted by Gasteiger charge is -2.15. The summed E-state index contributed by atoms with van der Waals surface area (Å²) in [7, 11) is 1.48. The van der Waals surface area contributed by atoms with Gasteiger partial charge in [-0.15, -0.1) is 0 Å². The number of hydrogen-bond acceptors (Lipinski definition) is 8. The molecule has 0 aliphatic rings. The maximum absolute atomic E-state index is 12.5. The Morgan fingerprint density at radius 3 is 2.71 bits per heavy atom. The Balaban J connectivity index is 1.86. The molecule has 2 N–H and O–H groups in total. The molecule has 0 radical (unpaired) electrons. The standard InChI is InChI=1S/C19H21BrN4O6S/c1-3-29-14(26)10-31-19-21-16-15(17(27)22-18(28)23(16)2)24(19)8-12(25)9-30-13-6-4-11(20)5-7-13/h4-7,12,25H,3,8-10H2,1-2H3,(H,22,27,28).